The highest BCUT2D eigenvalue weighted by molar-refractivity contribution is 6.19. The molecule has 0 saturated heterocycles. The summed E-state index contributed by atoms with van der Waals surface area (Å²) in [5.74, 6) is -0.00650. The predicted molar refractivity (Wildman–Crippen MR) is 75.4 cm³/mol. The maximum atomic E-state index is 11.8. The van der Waals surface area contributed by atoms with Crippen molar-refractivity contribution in [2.45, 2.75) is 19.9 Å². The smallest absolute Gasteiger partial charge is 0.323 e. The van der Waals surface area contributed by atoms with E-state index in [0.29, 0.717) is 5.88 Å². The van der Waals surface area contributed by atoms with Gasteiger partial charge in [-0.25, -0.2) is 4.79 Å². The van der Waals surface area contributed by atoms with Gasteiger partial charge >= 0.3 is 5.69 Å². The van der Waals surface area contributed by atoms with E-state index in [1.807, 2.05) is 25.1 Å². The quantitative estimate of drug-likeness (QED) is 0.749. The number of halogens is 1. The molecule has 5 nitrogen and oxygen atoms in total. The second-order valence-corrected chi connectivity index (χ2v) is 4.98. The van der Waals surface area contributed by atoms with Gasteiger partial charge in [0.1, 0.15) is 0 Å². The van der Waals surface area contributed by atoms with E-state index >= 15 is 0 Å². The Morgan fingerprint density at radius 1 is 1.32 bits per heavy atom. The molecular formula is C13H16ClN3O2. The van der Waals surface area contributed by atoms with Gasteiger partial charge in [0.15, 0.2) is 0 Å². The minimum Gasteiger partial charge on any atom is -0.349 e. The summed E-state index contributed by atoms with van der Waals surface area (Å²) in [7, 11) is 0. The van der Waals surface area contributed by atoms with E-state index in [9.17, 15) is 9.59 Å². The third-order valence-electron chi connectivity index (χ3n) is 3.08. The Kier molecular flexibility index (Phi) is 3.95. The van der Waals surface area contributed by atoms with Crippen molar-refractivity contribution in [3.63, 3.8) is 0 Å². The van der Waals surface area contributed by atoms with Crippen LogP contribution in [0.5, 0.6) is 0 Å². The van der Waals surface area contributed by atoms with E-state index in [2.05, 4.69) is 15.3 Å². The molecule has 1 aromatic heterocycles. The molecule has 1 amide bonds. The SMILES string of the molecule is CC(CCl)C(=O)NC(C)c1ccc2[nH]c(=O)[nH]c2c1. The number of carbonyl (C=O) groups is 1. The Hall–Kier alpha value is -1.75. The lowest BCUT2D eigenvalue weighted by atomic mass is 10.1. The molecule has 2 atom stereocenters. The van der Waals surface area contributed by atoms with Crippen molar-refractivity contribution in [2.24, 2.45) is 5.92 Å². The lowest BCUT2D eigenvalue weighted by Gasteiger charge is -2.16. The number of imidazole rings is 1. The van der Waals surface area contributed by atoms with Gasteiger partial charge in [0.05, 0.1) is 17.1 Å². The van der Waals surface area contributed by atoms with Gasteiger partial charge in [-0.1, -0.05) is 13.0 Å². The van der Waals surface area contributed by atoms with Crippen LogP contribution in [0.1, 0.15) is 25.5 Å². The summed E-state index contributed by atoms with van der Waals surface area (Å²) in [6.07, 6.45) is 0. The standard InChI is InChI=1S/C13H16ClN3O2/c1-7(6-14)12(18)15-8(2)9-3-4-10-11(5-9)17-13(19)16-10/h3-5,7-8H,6H2,1-2H3,(H,15,18)(H2,16,17,19). The first kappa shape index (κ1) is 13.7. The normalized spacial score (nSPS) is 14.3. The highest BCUT2D eigenvalue weighted by Crippen LogP contribution is 2.17. The first-order valence-electron chi connectivity index (χ1n) is 6.09. The van der Waals surface area contributed by atoms with Crippen LogP contribution < -0.4 is 11.0 Å². The number of alkyl halides is 1. The summed E-state index contributed by atoms with van der Waals surface area (Å²) in [5.41, 5.74) is 2.17. The predicted octanol–water partition coefficient (Wildman–Crippen LogP) is 1.91. The van der Waals surface area contributed by atoms with Crippen molar-refractivity contribution in [1.29, 1.82) is 0 Å². The summed E-state index contributed by atoms with van der Waals surface area (Å²) >= 11 is 5.65. The molecule has 1 heterocycles. The van der Waals surface area contributed by atoms with Crippen LogP contribution in [-0.4, -0.2) is 21.8 Å². The molecule has 0 bridgehead atoms. The molecule has 3 N–H and O–H groups in total. The molecule has 0 saturated carbocycles. The molecule has 2 unspecified atom stereocenters. The third kappa shape index (κ3) is 2.98. The molecule has 2 aromatic rings. The Balaban J connectivity index is 2.19. The van der Waals surface area contributed by atoms with E-state index in [1.165, 1.54) is 0 Å². The second-order valence-electron chi connectivity index (χ2n) is 4.67. The van der Waals surface area contributed by atoms with Crippen LogP contribution in [-0.2, 0) is 4.79 Å². The Morgan fingerprint density at radius 2 is 2.00 bits per heavy atom. The maximum absolute atomic E-state index is 11.8. The largest absolute Gasteiger partial charge is 0.349 e. The molecular weight excluding hydrogens is 266 g/mol. The fraction of sp³-hybridized carbons (Fsp3) is 0.385. The number of aromatic amines is 2. The first-order chi connectivity index (χ1) is 9.01. The van der Waals surface area contributed by atoms with Crippen molar-refractivity contribution >= 4 is 28.5 Å². The van der Waals surface area contributed by atoms with Gasteiger partial charge in [-0.2, -0.15) is 0 Å². The fourth-order valence-corrected chi connectivity index (χ4v) is 1.97. The second kappa shape index (κ2) is 5.48. The van der Waals surface area contributed by atoms with E-state index in [4.69, 9.17) is 11.6 Å². The number of amides is 1. The van der Waals surface area contributed by atoms with Crippen molar-refractivity contribution < 1.29 is 4.79 Å². The molecule has 102 valence electrons. The van der Waals surface area contributed by atoms with Crippen molar-refractivity contribution in [3.8, 4) is 0 Å². The highest BCUT2D eigenvalue weighted by Gasteiger charge is 2.15. The number of aromatic nitrogens is 2. The number of rotatable bonds is 4. The van der Waals surface area contributed by atoms with E-state index in [0.717, 1.165) is 16.6 Å². The number of H-pyrrole nitrogens is 2. The first-order valence-corrected chi connectivity index (χ1v) is 6.63. The molecule has 0 aliphatic carbocycles. The molecule has 0 aliphatic heterocycles. The van der Waals surface area contributed by atoms with Crippen LogP contribution in [0.25, 0.3) is 11.0 Å². The number of hydrogen-bond donors (Lipinski definition) is 3. The number of benzene rings is 1. The maximum Gasteiger partial charge on any atom is 0.323 e. The molecule has 0 aliphatic rings. The van der Waals surface area contributed by atoms with Gasteiger partial charge in [0, 0.05) is 11.8 Å². The van der Waals surface area contributed by atoms with E-state index < -0.39 is 0 Å². The van der Waals surface area contributed by atoms with Crippen LogP contribution in [0, 0.1) is 5.92 Å². The van der Waals surface area contributed by atoms with Gasteiger partial charge in [-0.15, -0.1) is 11.6 Å². The highest BCUT2D eigenvalue weighted by atomic mass is 35.5. The van der Waals surface area contributed by atoms with E-state index in [1.54, 1.807) is 6.92 Å². The molecule has 6 heteroatoms. The Labute approximate surface area is 115 Å². The zero-order valence-corrected chi connectivity index (χ0v) is 11.5. The molecule has 2 rings (SSSR count). The van der Waals surface area contributed by atoms with Crippen molar-refractivity contribution in [3.05, 3.63) is 34.2 Å². The van der Waals surface area contributed by atoms with Crippen LogP contribution in [0.3, 0.4) is 0 Å². The fourth-order valence-electron chi connectivity index (χ4n) is 1.83. The number of carbonyl (C=O) groups excluding carboxylic acids is 1. The van der Waals surface area contributed by atoms with Gasteiger partial charge < -0.3 is 15.3 Å². The Morgan fingerprint density at radius 3 is 2.68 bits per heavy atom. The van der Waals surface area contributed by atoms with Gasteiger partial charge in [-0.05, 0) is 24.6 Å². The zero-order chi connectivity index (χ0) is 14.0. The summed E-state index contributed by atoms with van der Waals surface area (Å²) in [5, 5.41) is 2.89. The minimum absolute atomic E-state index is 0.0786. The Bertz CT molecular complexity index is 647. The van der Waals surface area contributed by atoms with Gasteiger partial charge in [0.2, 0.25) is 5.91 Å². The summed E-state index contributed by atoms with van der Waals surface area (Å²) in [4.78, 5) is 28.3. The lowest BCUT2D eigenvalue weighted by Crippen LogP contribution is -2.32. The van der Waals surface area contributed by atoms with Gasteiger partial charge in [0.25, 0.3) is 0 Å². The van der Waals surface area contributed by atoms with Crippen molar-refractivity contribution in [2.75, 3.05) is 5.88 Å². The van der Waals surface area contributed by atoms with Crippen LogP contribution in [0.15, 0.2) is 23.0 Å². The number of fused-ring (bicyclic) bond motifs is 1. The van der Waals surface area contributed by atoms with E-state index in [-0.39, 0.29) is 23.6 Å². The zero-order valence-electron chi connectivity index (χ0n) is 10.8. The molecule has 0 spiro atoms. The van der Waals surface area contributed by atoms with Crippen LogP contribution >= 0.6 is 11.6 Å². The number of hydrogen-bond acceptors (Lipinski definition) is 2. The third-order valence-corrected chi connectivity index (χ3v) is 3.54. The molecule has 0 radical (unpaired) electrons. The van der Waals surface area contributed by atoms with Crippen LogP contribution in [0.2, 0.25) is 0 Å². The molecule has 0 fully saturated rings. The van der Waals surface area contributed by atoms with Gasteiger partial charge in [-0.3, -0.25) is 4.79 Å². The summed E-state index contributed by atoms with van der Waals surface area (Å²) in [6.45, 7) is 3.67. The molecule has 1 aromatic carbocycles. The average Bonchev–Trinajstić information content (AvgIpc) is 2.76. The average molecular weight is 282 g/mol. The molecule has 19 heavy (non-hydrogen) atoms. The monoisotopic (exact) mass is 281 g/mol. The summed E-state index contributed by atoms with van der Waals surface area (Å²) in [6, 6.07) is 5.41. The van der Waals surface area contributed by atoms with Crippen molar-refractivity contribution in [1.82, 2.24) is 15.3 Å². The topological polar surface area (TPSA) is 77.8 Å². The number of nitrogens with one attached hydrogen (secondary N) is 3. The lowest BCUT2D eigenvalue weighted by molar-refractivity contribution is -0.124. The minimum atomic E-state index is -0.236. The van der Waals surface area contributed by atoms with Crippen LogP contribution in [0.4, 0.5) is 0 Å². The summed E-state index contributed by atoms with van der Waals surface area (Å²) < 4.78 is 0.